The van der Waals surface area contributed by atoms with Gasteiger partial charge in [-0.05, 0) is 56.5 Å². The van der Waals surface area contributed by atoms with Crippen molar-refractivity contribution in [1.82, 2.24) is 14.9 Å². The molecule has 1 fully saturated rings. The first kappa shape index (κ1) is 21.5. The Morgan fingerprint density at radius 2 is 2.00 bits per heavy atom. The fourth-order valence-corrected chi connectivity index (χ4v) is 4.41. The third-order valence-electron chi connectivity index (χ3n) is 5.71. The summed E-state index contributed by atoms with van der Waals surface area (Å²) in [4.78, 5) is 25.2. The normalized spacial score (nSPS) is 16.4. The lowest BCUT2D eigenvalue weighted by molar-refractivity contribution is -0.138. The second-order valence-corrected chi connectivity index (χ2v) is 9.23. The van der Waals surface area contributed by atoms with Crippen LogP contribution in [-0.2, 0) is 16.0 Å². The molecule has 3 aromatic rings. The van der Waals surface area contributed by atoms with Crippen LogP contribution in [-0.4, -0.2) is 40.5 Å². The van der Waals surface area contributed by atoms with Gasteiger partial charge in [0.2, 0.25) is 5.91 Å². The van der Waals surface area contributed by atoms with Gasteiger partial charge in [0.1, 0.15) is 11.9 Å². The third kappa shape index (κ3) is 5.11. The Bertz CT molecular complexity index is 1080. The molecule has 31 heavy (non-hydrogen) atoms. The van der Waals surface area contributed by atoms with Crippen molar-refractivity contribution in [1.29, 1.82) is 0 Å². The fourth-order valence-electron chi connectivity index (χ4n) is 3.59. The summed E-state index contributed by atoms with van der Waals surface area (Å²) in [6.07, 6.45) is 0.171. The van der Waals surface area contributed by atoms with Crippen LogP contribution in [0.4, 0.5) is 10.9 Å². The van der Waals surface area contributed by atoms with E-state index in [4.69, 9.17) is 9.72 Å². The van der Waals surface area contributed by atoms with Gasteiger partial charge in [-0.3, -0.25) is 4.79 Å². The Hall–Kier alpha value is -2.77. The predicted molar refractivity (Wildman–Crippen MR) is 124 cm³/mol. The lowest BCUT2D eigenvalue weighted by Crippen LogP contribution is -2.43. The van der Waals surface area contributed by atoms with E-state index in [0.717, 1.165) is 27.9 Å². The van der Waals surface area contributed by atoms with Crippen molar-refractivity contribution in [2.24, 2.45) is 0 Å². The van der Waals surface area contributed by atoms with Gasteiger partial charge in [-0.25, -0.2) is 9.97 Å². The van der Waals surface area contributed by atoms with Crippen LogP contribution in [0.25, 0.3) is 0 Å². The molecule has 0 saturated carbocycles. The molecule has 1 aliphatic heterocycles. The van der Waals surface area contributed by atoms with Crippen molar-refractivity contribution in [3.05, 3.63) is 69.4 Å². The first-order valence-corrected chi connectivity index (χ1v) is 11.3. The van der Waals surface area contributed by atoms with Crippen LogP contribution in [0.1, 0.15) is 39.1 Å². The van der Waals surface area contributed by atoms with Crippen molar-refractivity contribution in [3.63, 3.8) is 0 Å². The summed E-state index contributed by atoms with van der Waals surface area (Å²) in [5.41, 5.74) is 5.35. The number of benzene rings is 1. The Labute approximate surface area is 187 Å². The van der Waals surface area contributed by atoms with E-state index >= 15 is 0 Å². The summed E-state index contributed by atoms with van der Waals surface area (Å²) >= 11 is 1.61. The van der Waals surface area contributed by atoms with Crippen molar-refractivity contribution in [2.75, 3.05) is 25.0 Å². The van der Waals surface area contributed by atoms with Gasteiger partial charge in [-0.2, -0.15) is 0 Å². The van der Waals surface area contributed by atoms with Crippen LogP contribution >= 0.6 is 11.3 Å². The molecule has 0 aliphatic carbocycles. The average Bonchev–Trinajstić information content (AvgIpc) is 3.07. The van der Waals surface area contributed by atoms with Gasteiger partial charge in [0.05, 0.1) is 31.0 Å². The van der Waals surface area contributed by atoms with E-state index in [2.05, 4.69) is 43.2 Å². The number of thiazole rings is 1. The Kier molecular flexibility index (Phi) is 6.34. The van der Waals surface area contributed by atoms with Crippen molar-refractivity contribution >= 4 is 28.2 Å². The molecular weight excluding hydrogens is 408 g/mol. The molecule has 0 spiro atoms. The zero-order chi connectivity index (χ0) is 22.0. The smallest absolute Gasteiger partial charge is 0.227 e. The number of aryl methyl sites for hydroxylation is 4. The molecule has 0 bridgehead atoms. The van der Waals surface area contributed by atoms with Gasteiger partial charge in [0.15, 0.2) is 5.13 Å². The number of ether oxygens (including phenoxy) is 1. The predicted octanol–water partition coefficient (Wildman–Crippen LogP) is 4.66. The number of amides is 1. The van der Waals surface area contributed by atoms with Gasteiger partial charge in [0.25, 0.3) is 0 Å². The van der Waals surface area contributed by atoms with E-state index in [0.29, 0.717) is 26.1 Å². The van der Waals surface area contributed by atoms with Crippen molar-refractivity contribution in [2.45, 2.75) is 40.2 Å². The van der Waals surface area contributed by atoms with E-state index in [1.807, 2.05) is 36.1 Å². The lowest BCUT2D eigenvalue weighted by Gasteiger charge is -2.33. The van der Waals surface area contributed by atoms with Gasteiger partial charge < -0.3 is 15.0 Å². The number of aromatic nitrogens is 2. The number of rotatable bonds is 5. The summed E-state index contributed by atoms with van der Waals surface area (Å²) in [5.74, 6) is 0.855. The topological polar surface area (TPSA) is 67.3 Å². The standard InChI is InChI=1S/C24H28N4O2S/c1-15-8-9-19(12-16(15)2)13-23(29)28-10-11-30-21(14-28)20-6-5-7-22(26-20)27-24-25-17(3)18(4)31-24/h5-9,12,21H,10-11,13-14H2,1-4H3,(H,25,26,27). The van der Waals surface area contributed by atoms with Crippen LogP contribution in [0.2, 0.25) is 0 Å². The molecule has 1 N–H and O–H groups in total. The largest absolute Gasteiger partial charge is 0.368 e. The van der Waals surface area contributed by atoms with Crippen LogP contribution in [0.5, 0.6) is 0 Å². The number of morpholine rings is 1. The zero-order valence-corrected chi connectivity index (χ0v) is 19.3. The molecule has 1 aromatic carbocycles. The van der Waals surface area contributed by atoms with Crippen LogP contribution in [0.15, 0.2) is 36.4 Å². The number of hydrogen-bond donors (Lipinski definition) is 1. The maximum Gasteiger partial charge on any atom is 0.227 e. The third-order valence-corrected chi connectivity index (χ3v) is 6.70. The van der Waals surface area contributed by atoms with Gasteiger partial charge >= 0.3 is 0 Å². The maximum absolute atomic E-state index is 12.9. The molecule has 4 rings (SSSR count). The van der Waals surface area contributed by atoms with Crippen LogP contribution < -0.4 is 5.32 Å². The summed E-state index contributed by atoms with van der Waals surface area (Å²) in [7, 11) is 0. The minimum Gasteiger partial charge on any atom is -0.368 e. The number of hydrogen-bond acceptors (Lipinski definition) is 6. The van der Waals surface area contributed by atoms with Crippen molar-refractivity contribution < 1.29 is 9.53 Å². The summed E-state index contributed by atoms with van der Waals surface area (Å²) in [6, 6.07) is 12.0. The van der Waals surface area contributed by atoms with E-state index in [-0.39, 0.29) is 12.0 Å². The Morgan fingerprint density at radius 1 is 1.16 bits per heavy atom. The minimum absolute atomic E-state index is 0.125. The monoisotopic (exact) mass is 436 g/mol. The summed E-state index contributed by atoms with van der Waals surface area (Å²) < 4.78 is 5.96. The second kappa shape index (κ2) is 9.16. The quantitative estimate of drug-likeness (QED) is 0.630. The van der Waals surface area contributed by atoms with Gasteiger partial charge in [-0.1, -0.05) is 24.3 Å². The maximum atomic E-state index is 12.9. The molecule has 1 unspecified atom stereocenters. The van der Waals surface area contributed by atoms with Crippen LogP contribution in [0.3, 0.4) is 0 Å². The molecular formula is C24H28N4O2S. The molecule has 1 aliphatic rings. The number of carbonyl (C=O) groups is 1. The van der Waals surface area contributed by atoms with Crippen molar-refractivity contribution in [3.8, 4) is 0 Å². The first-order valence-electron chi connectivity index (χ1n) is 10.5. The minimum atomic E-state index is -0.237. The molecule has 162 valence electrons. The number of nitrogens with one attached hydrogen (secondary N) is 1. The molecule has 1 amide bonds. The fraction of sp³-hybridized carbons (Fsp3) is 0.375. The van der Waals surface area contributed by atoms with E-state index < -0.39 is 0 Å². The number of pyridine rings is 1. The molecule has 7 heteroatoms. The van der Waals surface area contributed by atoms with Gasteiger partial charge in [0, 0.05) is 11.4 Å². The molecule has 0 radical (unpaired) electrons. The molecule has 2 aromatic heterocycles. The highest BCUT2D eigenvalue weighted by Gasteiger charge is 2.26. The molecule has 6 nitrogen and oxygen atoms in total. The lowest BCUT2D eigenvalue weighted by atomic mass is 10.0. The first-order chi connectivity index (χ1) is 14.9. The summed E-state index contributed by atoms with van der Waals surface area (Å²) in [6.45, 7) is 9.84. The molecule has 3 heterocycles. The zero-order valence-electron chi connectivity index (χ0n) is 18.4. The SMILES string of the molecule is Cc1ccc(CC(=O)N2CCOC(c3cccc(Nc4nc(C)c(C)s4)n3)C2)cc1C. The van der Waals surface area contributed by atoms with E-state index in [1.165, 1.54) is 16.0 Å². The molecule has 1 atom stereocenters. The highest BCUT2D eigenvalue weighted by Crippen LogP contribution is 2.26. The van der Waals surface area contributed by atoms with Gasteiger partial charge in [-0.15, -0.1) is 11.3 Å². The molecule has 1 saturated heterocycles. The average molecular weight is 437 g/mol. The highest BCUT2D eigenvalue weighted by molar-refractivity contribution is 7.15. The Balaban J connectivity index is 1.43. The van der Waals surface area contributed by atoms with E-state index in [1.54, 1.807) is 11.3 Å². The van der Waals surface area contributed by atoms with E-state index in [9.17, 15) is 4.79 Å². The van der Waals surface area contributed by atoms with Crippen LogP contribution in [0, 0.1) is 27.7 Å². The highest BCUT2D eigenvalue weighted by atomic mass is 32.1. The summed E-state index contributed by atoms with van der Waals surface area (Å²) in [5, 5.41) is 4.11. The number of nitrogens with zero attached hydrogens (tertiary/aromatic N) is 3. The number of anilines is 2. The number of carbonyl (C=O) groups excluding carboxylic acids is 1. The second-order valence-electron chi connectivity index (χ2n) is 8.03. The Morgan fingerprint density at radius 3 is 2.74 bits per heavy atom.